The van der Waals surface area contributed by atoms with E-state index in [1.807, 2.05) is 0 Å². The summed E-state index contributed by atoms with van der Waals surface area (Å²) in [6.45, 7) is 0. The van der Waals surface area contributed by atoms with E-state index in [-0.39, 0.29) is 28.3 Å². The Morgan fingerprint density at radius 2 is 1.71 bits per heavy atom. The van der Waals surface area contributed by atoms with Gasteiger partial charge in [0.25, 0.3) is 5.91 Å². The highest BCUT2D eigenvalue weighted by Crippen LogP contribution is 2.35. The average Bonchev–Trinajstić information content (AvgIpc) is 3.37. The number of ether oxygens (including phenoxy) is 1. The standard InChI is InChI=1S/C22H18N6O6/c1-34-22(33)14-8-11(6-7-17(14)29)23-16-10-18(30)13(9-19(16)31)21(32)24-15-5-3-2-4-12(15)20-25-27-28-26-20/h2-10,23,29-31H,1H3,(H,24,32)(H,25,26,27,28). The molecule has 0 saturated heterocycles. The van der Waals surface area contributed by atoms with Crippen LogP contribution >= 0.6 is 0 Å². The Hall–Kier alpha value is -5.13. The molecular formula is C22H18N6O6. The molecule has 3 aromatic carbocycles. The number of hydrogen-bond acceptors (Lipinski definition) is 10. The molecule has 0 atom stereocenters. The highest BCUT2D eigenvalue weighted by Gasteiger charge is 2.19. The summed E-state index contributed by atoms with van der Waals surface area (Å²) < 4.78 is 4.61. The van der Waals surface area contributed by atoms with Crippen LogP contribution in [0.2, 0.25) is 0 Å². The number of aromatic hydroxyl groups is 3. The van der Waals surface area contributed by atoms with E-state index in [0.717, 1.165) is 12.1 Å². The van der Waals surface area contributed by atoms with Gasteiger partial charge in [-0.25, -0.2) is 9.89 Å². The van der Waals surface area contributed by atoms with Gasteiger partial charge in [-0.3, -0.25) is 4.79 Å². The van der Waals surface area contributed by atoms with Crippen LogP contribution in [0.1, 0.15) is 20.7 Å². The zero-order valence-corrected chi connectivity index (χ0v) is 17.6. The monoisotopic (exact) mass is 462 g/mol. The molecule has 1 heterocycles. The Morgan fingerprint density at radius 1 is 0.912 bits per heavy atom. The van der Waals surface area contributed by atoms with Gasteiger partial charge in [0.1, 0.15) is 22.8 Å². The first-order valence-corrected chi connectivity index (χ1v) is 9.76. The number of tetrazole rings is 1. The summed E-state index contributed by atoms with van der Waals surface area (Å²) in [4.78, 5) is 24.6. The lowest BCUT2D eigenvalue weighted by Crippen LogP contribution is -2.13. The van der Waals surface area contributed by atoms with Crippen molar-refractivity contribution in [3.8, 4) is 28.6 Å². The van der Waals surface area contributed by atoms with Gasteiger partial charge < -0.3 is 30.7 Å². The molecule has 12 heteroatoms. The first kappa shape index (κ1) is 22.1. The Labute approximate surface area is 191 Å². The van der Waals surface area contributed by atoms with E-state index < -0.39 is 17.6 Å². The Balaban J connectivity index is 1.58. The average molecular weight is 462 g/mol. The van der Waals surface area contributed by atoms with Crippen LogP contribution in [0.15, 0.2) is 54.6 Å². The van der Waals surface area contributed by atoms with Crippen LogP contribution in [0.5, 0.6) is 17.2 Å². The summed E-state index contributed by atoms with van der Waals surface area (Å²) in [6.07, 6.45) is 0. The number of nitrogens with zero attached hydrogens (tertiary/aromatic N) is 3. The fourth-order valence-electron chi connectivity index (χ4n) is 3.16. The van der Waals surface area contributed by atoms with E-state index in [9.17, 15) is 24.9 Å². The molecule has 6 N–H and O–H groups in total. The van der Waals surface area contributed by atoms with Crippen LogP contribution in [-0.4, -0.2) is 54.9 Å². The number of carbonyl (C=O) groups is 2. The zero-order valence-electron chi connectivity index (χ0n) is 17.6. The quantitative estimate of drug-likeness (QED) is 0.141. The predicted molar refractivity (Wildman–Crippen MR) is 120 cm³/mol. The first-order valence-electron chi connectivity index (χ1n) is 9.76. The van der Waals surface area contributed by atoms with E-state index in [1.54, 1.807) is 24.3 Å². The number of amides is 1. The Bertz CT molecular complexity index is 1370. The number of anilines is 3. The number of phenols is 3. The van der Waals surface area contributed by atoms with Gasteiger partial charge in [0, 0.05) is 17.3 Å². The molecule has 0 spiro atoms. The molecule has 0 aliphatic carbocycles. The summed E-state index contributed by atoms with van der Waals surface area (Å²) in [6, 6.07) is 13.1. The SMILES string of the molecule is COC(=O)c1cc(Nc2cc(O)c(C(=O)Nc3ccccc3-c3nnn[nH]3)cc2O)ccc1O. The van der Waals surface area contributed by atoms with Gasteiger partial charge in [-0.15, -0.1) is 5.10 Å². The lowest BCUT2D eigenvalue weighted by atomic mass is 10.1. The molecule has 4 aromatic rings. The summed E-state index contributed by atoms with van der Waals surface area (Å²) in [5, 5.41) is 49.7. The summed E-state index contributed by atoms with van der Waals surface area (Å²) in [7, 11) is 1.18. The maximum Gasteiger partial charge on any atom is 0.341 e. The number of carbonyl (C=O) groups excluding carboxylic acids is 2. The molecule has 34 heavy (non-hydrogen) atoms. The molecule has 1 amide bonds. The molecular weight excluding hydrogens is 444 g/mol. The number of esters is 1. The van der Waals surface area contributed by atoms with Gasteiger partial charge in [-0.1, -0.05) is 12.1 Å². The van der Waals surface area contributed by atoms with Crippen LogP contribution in [0, 0.1) is 0 Å². The second-order valence-electron chi connectivity index (χ2n) is 6.98. The number of aromatic amines is 1. The van der Waals surface area contributed by atoms with Crippen LogP contribution < -0.4 is 10.6 Å². The number of para-hydroxylation sites is 1. The van der Waals surface area contributed by atoms with Crippen molar-refractivity contribution in [2.45, 2.75) is 0 Å². The fourth-order valence-corrected chi connectivity index (χ4v) is 3.16. The second-order valence-corrected chi connectivity index (χ2v) is 6.98. The molecule has 0 saturated carbocycles. The van der Waals surface area contributed by atoms with Crippen molar-refractivity contribution in [1.29, 1.82) is 0 Å². The number of hydrogen-bond donors (Lipinski definition) is 6. The Morgan fingerprint density at radius 3 is 2.44 bits per heavy atom. The van der Waals surface area contributed by atoms with E-state index in [2.05, 4.69) is 36.0 Å². The van der Waals surface area contributed by atoms with Gasteiger partial charge in [0.2, 0.25) is 0 Å². The highest BCUT2D eigenvalue weighted by atomic mass is 16.5. The van der Waals surface area contributed by atoms with Gasteiger partial charge in [-0.2, -0.15) is 0 Å². The van der Waals surface area contributed by atoms with Crippen LogP contribution in [0.3, 0.4) is 0 Å². The third-order valence-electron chi connectivity index (χ3n) is 4.82. The minimum Gasteiger partial charge on any atom is -0.507 e. The van der Waals surface area contributed by atoms with Gasteiger partial charge in [0.15, 0.2) is 5.82 Å². The van der Waals surface area contributed by atoms with Gasteiger partial charge >= 0.3 is 5.97 Å². The lowest BCUT2D eigenvalue weighted by molar-refractivity contribution is 0.0597. The zero-order chi connectivity index (χ0) is 24.2. The van der Waals surface area contributed by atoms with Crippen LogP contribution in [-0.2, 0) is 4.74 Å². The van der Waals surface area contributed by atoms with Crippen LogP contribution in [0.4, 0.5) is 17.1 Å². The van der Waals surface area contributed by atoms with Crippen molar-refractivity contribution in [2.24, 2.45) is 0 Å². The maximum absolute atomic E-state index is 12.8. The van der Waals surface area contributed by atoms with Gasteiger partial charge in [0.05, 0.1) is 24.0 Å². The van der Waals surface area contributed by atoms with Crippen molar-refractivity contribution in [3.05, 3.63) is 65.7 Å². The minimum atomic E-state index is -0.748. The van der Waals surface area contributed by atoms with Crippen molar-refractivity contribution >= 4 is 28.9 Å². The molecule has 0 radical (unpaired) electrons. The normalized spacial score (nSPS) is 10.5. The highest BCUT2D eigenvalue weighted by molar-refractivity contribution is 6.08. The summed E-state index contributed by atoms with van der Waals surface area (Å²) >= 11 is 0. The van der Waals surface area contributed by atoms with Crippen molar-refractivity contribution in [1.82, 2.24) is 20.6 Å². The largest absolute Gasteiger partial charge is 0.507 e. The van der Waals surface area contributed by atoms with Crippen molar-refractivity contribution in [2.75, 3.05) is 17.7 Å². The molecule has 0 bridgehead atoms. The number of nitrogens with one attached hydrogen (secondary N) is 3. The topological polar surface area (TPSA) is 183 Å². The second kappa shape index (κ2) is 9.16. The molecule has 0 aliphatic heterocycles. The molecule has 12 nitrogen and oxygen atoms in total. The third-order valence-corrected chi connectivity index (χ3v) is 4.82. The number of H-pyrrole nitrogens is 1. The van der Waals surface area contributed by atoms with E-state index in [1.165, 1.54) is 25.3 Å². The number of benzene rings is 3. The molecule has 0 aliphatic rings. The molecule has 4 rings (SSSR count). The summed E-state index contributed by atoms with van der Waals surface area (Å²) in [5.74, 6) is -2.13. The van der Waals surface area contributed by atoms with E-state index in [0.29, 0.717) is 22.8 Å². The molecule has 1 aromatic heterocycles. The van der Waals surface area contributed by atoms with Gasteiger partial charge in [-0.05, 0) is 46.8 Å². The minimum absolute atomic E-state index is 0.0590. The maximum atomic E-state index is 12.8. The number of rotatable bonds is 6. The smallest absolute Gasteiger partial charge is 0.341 e. The Kier molecular flexibility index (Phi) is 5.95. The molecule has 0 fully saturated rings. The van der Waals surface area contributed by atoms with Crippen molar-refractivity contribution in [3.63, 3.8) is 0 Å². The number of aromatic nitrogens is 4. The fraction of sp³-hybridized carbons (Fsp3) is 0.0455. The molecule has 172 valence electrons. The van der Waals surface area contributed by atoms with Crippen LogP contribution in [0.25, 0.3) is 11.4 Å². The third kappa shape index (κ3) is 4.41. The van der Waals surface area contributed by atoms with E-state index >= 15 is 0 Å². The predicted octanol–water partition coefficient (Wildman–Crippen LogP) is 2.77. The summed E-state index contributed by atoms with van der Waals surface area (Å²) in [5.41, 5.74) is 1.01. The number of methoxy groups -OCH3 is 1. The van der Waals surface area contributed by atoms with E-state index in [4.69, 9.17) is 0 Å². The molecule has 0 unspecified atom stereocenters. The lowest BCUT2D eigenvalue weighted by Gasteiger charge is -2.14. The number of phenolic OH excluding ortho intramolecular Hbond substituents is 3. The van der Waals surface area contributed by atoms with Crippen molar-refractivity contribution < 1.29 is 29.6 Å². The first-order chi connectivity index (χ1) is 16.4.